The van der Waals surface area contributed by atoms with E-state index in [1.165, 1.54) is 33.5 Å². The second-order valence-corrected chi connectivity index (χ2v) is 10.8. The highest BCUT2D eigenvalue weighted by atomic mass is 35.5. The number of halogens is 1. The van der Waals surface area contributed by atoms with E-state index in [9.17, 15) is 23.1 Å². The maximum Gasteiger partial charge on any atom is 0.295 e. The molecule has 2 saturated heterocycles. The van der Waals surface area contributed by atoms with Crippen LogP contribution in [0, 0.1) is 0 Å². The van der Waals surface area contributed by atoms with E-state index in [1.54, 1.807) is 31.4 Å². The summed E-state index contributed by atoms with van der Waals surface area (Å²) in [6.07, 6.45) is 0.495. The van der Waals surface area contributed by atoms with Crippen LogP contribution in [0.1, 0.15) is 23.6 Å². The van der Waals surface area contributed by atoms with Crippen molar-refractivity contribution < 1.29 is 32.6 Å². The van der Waals surface area contributed by atoms with E-state index in [4.69, 9.17) is 21.1 Å². The number of nitrogens with zero attached hydrogens (tertiary/aromatic N) is 2. The summed E-state index contributed by atoms with van der Waals surface area (Å²) in [5.74, 6) is -1.94. The van der Waals surface area contributed by atoms with E-state index in [-0.39, 0.29) is 41.4 Å². The predicted octanol–water partition coefficient (Wildman–Crippen LogP) is 2.82. The van der Waals surface area contributed by atoms with Gasteiger partial charge in [0.05, 0.1) is 29.7 Å². The van der Waals surface area contributed by atoms with Crippen LogP contribution in [-0.4, -0.2) is 81.0 Å². The normalized spacial score (nSPS) is 20.7. The van der Waals surface area contributed by atoms with Crippen molar-refractivity contribution in [3.8, 4) is 0 Å². The zero-order chi connectivity index (χ0) is 25.9. The Hall–Kier alpha value is -2.76. The third-order valence-corrected chi connectivity index (χ3v) is 8.34. The van der Waals surface area contributed by atoms with E-state index in [2.05, 4.69) is 0 Å². The van der Waals surface area contributed by atoms with Gasteiger partial charge in [0.15, 0.2) is 0 Å². The van der Waals surface area contributed by atoms with Crippen LogP contribution in [0.15, 0.2) is 59.0 Å². The van der Waals surface area contributed by atoms with Gasteiger partial charge >= 0.3 is 0 Å². The molecule has 2 fully saturated rings. The number of rotatable bonds is 8. The molecule has 11 heteroatoms. The second-order valence-electron chi connectivity index (χ2n) is 8.43. The number of hydrogen-bond donors (Lipinski definition) is 1. The minimum Gasteiger partial charge on any atom is -0.507 e. The molecule has 2 aliphatic rings. The lowest BCUT2D eigenvalue weighted by Crippen LogP contribution is -2.40. The molecular weight excluding hydrogens is 508 g/mol. The first-order chi connectivity index (χ1) is 17.3. The molecule has 0 radical (unpaired) electrons. The number of ether oxygens (including phenoxy) is 2. The molecule has 2 heterocycles. The minimum absolute atomic E-state index is 0.0624. The van der Waals surface area contributed by atoms with Crippen molar-refractivity contribution >= 4 is 39.1 Å². The third kappa shape index (κ3) is 5.18. The Morgan fingerprint density at radius 1 is 1.14 bits per heavy atom. The summed E-state index contributed by atoms with van der Waals surface area (Å²) in [7, 11) is -2.18. The van der Waals surface area contributed by atoms with Gasteiger partial charge < -0.3 is 19.5 Å². The van der Waals surface area contributed by atoms with Crippen LogP contribution in [0.4, 0.5) is 0 Å². The van der Waals surface area contributed by atoms with Crippen molar-refractivity contribution in [2.75, 3.05) is 46.6 Å². The molecule has 0 bridgehead atoms. The Labute approximate surface area is 214 Å². The van der Waals surface area contributed by atoms with Gasteiger partial charge in [0.25, 0.3) is 11.7 Å². The van der Waals surface area contributed by atoms with Gasteiger partial charge in [-0.3, -0.25) is 9.59 Å². The van der Waals surface area contributed by atoms with Crippen molar-refractivity contribution in [1.82, 2.24) is 9.21 Å². The van der Waals surface area contributed by atoms with Gasteiger partial charge in [-0.05, 0) is 48.4 Å². The maximum absolute atomic E-state index is 13.1. The first kappa shape index (κ1) is 26.3. The minimum atomic E-state index is -3.72. The summed E-state index contributed by atoms with van der Waals surface area (Å²) < 4.78 is 37.5. The number of morpholine rings is 1. The van der Waals surface area contributed by atoms with Crippen molar-refractivity contribution in [3.63, 3.8) is 0 Å². The lowest BCUT2D eigenvalue weighted by molar-refractivity contribution is -0.140. The Balaban J connectivity index is 1.72. The van der Waals surface area contributed by atoms with Gasteiger partial charge in [0.1, 0.15) is 5.76 Å². The molecule has 9 nitrogen and oxygen atoms in total. The first-order valence-electron chi connectivity index (χ1n) is 11.5. The Morgan fingerprint density at radius 2 is 1.83 bits per heavy atom. The van der Waals surface area contributed by atoms with Gasteiger partial charge in [-0.2, -0.15) is 4.31 Å². The number of carbonyl (C=O) groups is 2. The van der Waals surface area contributed by atoms with E-state index in [0.29, 0.717) is 36.8 Å². The largest absolute Gasteiger partial charge is 0.507 e. The average molecular weight is 535 g/mol. The Bertz CT molecular complexity index is 1270. The Kier molecular flexibility index (Phi) is 8.11. The fourth-order valence-corrected chi connectivity index (χ4v) is 6.00. The van der Waals surface area contributed by atoms with Gasteiger partial charge in [-0.1, -0.05) is 23.7 Å². The van der Waals surface area contributed by atoms with Crippen molar-refractivity contribution in [2.45, 2.75) is 17.4 Å². The number of amides is 1. The highest BCUT2D eigenvalue weighted by Gasteiger charge is 2.45. The quantitative estimate of drug-likeness (QED) is 0.240. The molecule has 192 valence electrons. The highest BCUT2D eigenvalue weighted by Crippen LogP contribution is 2.40. The molecule has 1 amide bonds. The van der Waals surface area contributed by atoms with Gasteiger partial charge in [0, 0.05) is 43.9 Å². The summed E-state index contributed by atoms with van der Waals surface area (Å²) in [5, 5.41) is 11.6. The van der Waals surface area contributed by atoms with Crippen molar-refractivity contribution in [3.05, 3.63) is 70.3 Å². The SMILES string of the molecule is COCCCN1C(=O)C(=O)C(=C(O)c2ccc(S(=O)(=O)N3CCOCC3)cc2)[C@H]1c1cccc(Cl)c1. The summed E-state index contributed by atoms with van der Waals surface area (Å²) in [4.78, 5) is 27.5. The molecule has 36 heavy (non-hydrogen) atoms. The molecule has 4 rings (SSSR count). The molecule has 0 unspecified atom stereocenters. The number of ketones is 1. The lowest BCUT2D eigenvalue weighted by atomic mass is 9.95. The highest BCUT2D eigenvalue weighted by molar-refractivity contribution is 7.89. The topological polar surface area (TPSA) is 113 Å². The summed E-state index contributed by atoms with van der Waals surface area (Å²) >= 11 is 6.18. The smallest absolute Gasteiger partial charge is 0.295 e. The number of methoxy groups -OCH3 is 1. The number of Topliss-reactive ketones (excluding diaryl/α,β-unsaturated/α-hetero) is 1. The lowest BCUT2D eigenvalue weighted by Gasteiger charge is -2.26. The average Bonchev–Trinajstić information content (AvgIpc) is 3.14. The van der Waals surface area contributed by atoms with Crippen LogP contribution < -0.4 is 0 Å². The molecule has 0 spiro atoms. The molecule has 1 atom stereocenters. The van der Waals surface area contributed by atoms with Crippen LogP contribution in [0.2, 0.25) is 5.02 Å². The van der Waals surface area contributed by atoms with Gasteiger partial charge in [0.2, 0.25) is 10.0 Å². The molecule has 0 aromatic heterocycles. The number of hydrogen-bond acceptors (Lipinski definition) is 7. The summed E-state index contributed by atoms with van der Waals surface area (Å²) in [6.45, 7) is 1.80. The van der Waals surface area contributed by atoms with E-state index >= 15 is 0 Å². The van der Waals surface area contributed by atoms with Crippen LogP contribution in [-0.2, 0) is 29.1 Å². The molecular formula is C25H27ClN2O7S. The van der Waals surface area contributed by atoms with Crippen LogP contribution in [0.3, 0.4) is 0 Å². The monoisotopic (exact) mass is 534 g/mol. The standard InChI is InChI=1S/C25H27ClN2O7S/c1-34-13-3-10-28-22(18-4-2-5-19(26)16-18)21(24(30)25(28)31)23(29)17-6-8-20(9-7-17)36(32,33)27-11-14-35-15-12-27/h2,4-9,16,22,29H,3,10-15H2,1H3/t22-/m1/s1. The van der Waals surface area contributed by atoms with Gasteiger partial charge in [-0.15, -0.1) is 0 Å². The fourth-order valence-electron chi connectivity index (χ4n) is 4.39. The van der Waals surface area contributed by atoms with Crippen molar-refractivity contribution in [1.29, 1.82) is 0 Å². The first-order valence-corrected chi connectivity index (χ1v) is 13.3. The molecule has 0 saturated carbocycles. The van der Waals surface area contributed by atoms with Crippen LogP contribution in [0.5, 0.6) is 0 Å². The third-order valence-electron chi connectivity index (χ3n) is 6.19. The van der Waals surface area contributed by atoms with Crippen molar-refractivity contribution in [2.24, 2.45) is 0 Å². The zero-order valence-electron chi connectivity index (χ0n) is 19.7. The fraction of sp³-hybridized carbons (Fsp3) is 0.360. The second kappa shape index (κ2) is 11.1. The Morgan fingerprint density at radius 3 is 2.47 bits per heavy atom. The summed E-state index contributed by atoms with van der Waals surface area (Å²) in [5.41, 5.74) is 0.716. The molecule has 2 aliphatic heterocycles. The molecule has 1 N–H and O–H groups in total. The zero-order valence-corrected chi connectivity index (χ0v) is 21.3. The van der Waals surface area contributed by atoms with E-state index < -0.39 is 27.8 Å². The van der Waals surface area contributed by atoms with E-state index in [0.717, 1.165) is 0 Å². The molecule has 0 aliphatic carbocycles. The number of carbonyl (C=O) groups excluding carboxylic acids is 2. The van der Waals surface area contributed by atoms with Crippen LogP contribution >= 0.6 is 11.6 Å². The number of sulfonamides is 1. The van der Waals surface area contributed by atoms with E-state index in [1.807, 2.05) is 0 Å². The number of aliphatic hydroxyl groups excluding tert-OH is 1. The predicted molar refractivity (Wildman–Crippen MR) is 133 cm³/mol. The maximum atomic E-state index is 13.1. The van der Waals surface area contributed by atoms with Gasteiger partial charge in [-0.25, -0.2) is 8.42 Å². The number of benzene rings is 2. The number of likely N-dealkylation sites (tertiary alicyclic amines) is 1. The number of aliphatic hydroxyl groups is 1. The molecule has 2 aromatic carbocycles. The molecule has 2 aromatic rings. The summed E-state index contributed by atoms with van der Waals surface area (Å²) in [6, 6.07) is 11.5. The van der Waals surface area contributed by atoms with Crippen LogP contribution in [0.25, 0.3) is 5.76 Å².